The lowest BCUT2D eigenvalue weighted by Gasteiger charge is -2.16. The number of hydrogen-bond donors (Lipinski definition) is 2. The summed E-state index contributed by atoms with van der Waals surface area (Å²) in [5.41, 5.74) is 0.973. The van der Waals surface area contributed by atoms with Gasteiger partial charge in [-0.2, -0.15) is 0 Å². The van der Waals surface area contributed by atoms with Crippen molar-refractivity contribution in [2.45, 2.75) is 38.5 Å². The van der Waals surface area contributed by atoms with Gasteiger partial charge in [0, 0.05) is 25.5 Å². The Morgan fingerprint density at radius 2 is 1.95 bits per heavy atom. The molecular formula is C17H24FNO2. The van der Waals surface area contributed by atoms with Gasteiger partial charge in [0.1, 0.15) is 5.82 Å². The first kappa shape index (κ1) is 16.0. The second-order valence-corrected chi connectivity index (χ2v) is 6.04. The third kappa shape index (κ3) is 5.46. The maximum absolute atomic E-state index is 12.8. The van der Waals surface area contributed by atoms with Crippen LogP contribution in [0.3, 0.4) is 0 Å². The fourth-order valence-corrected chi connectivity index (χ4v) is 2.96. The van der Waals surface area contributed by atoms with E-state index in [1.54, 1.807) is 12.1 Å². The molecule has 1 aromatic carbocycles. The van der Waals surface area contributed by atoms with Crippen LogP contribution in [-0.2, 0) is 11.2 Å². The molecule has 0 aromatic heterocycles. The molecule has 0 radical (unpaired) electrons. The number of carbonyl (C=O) groups is 1. The zero-order chi connectivity index (χ0) is 15.1. The number of nitrogens with one attached hydrogen (secondary N) is 1. The monoisotopic (exact) mass is 293 g/mol. The molecule has 1 atom stereocenters. The average Bonchev–Trinajstić information content (AvgIpc) is 2.98. The molecule has 21 heavy (non-hydrogen) atoms. The van der Waals surface area contributed by atoms with Crippen molar-refractivity contribution >= 4 is 5.91 Å². The minimum Gasteiger partial charge on any atom is -0.396 e. The summed E-state index contributed by atoms with van der Waals surface area (Å²) in [6.07, 6.45) is 6.04. The van der Waals surface area contributed by atoms with Crippen molar-refractivity contribution in [3.63, 3.8) is 0 Å². The smallest absolute Gasteiger partial charge is 0.220 e. The molecule has 0 bridgehead atoms. The van der Waals surface area contributed by atoms with Gasteiger partial charge in [0.15, 0.2) is 0 Å². The highest BCUT2D eigenvalue weighted by molar-refractivity contribution is 5.76. The predicted octanol–water partition coefficient (Wildman–Crippen LogP) is 2.67. The Hall–Kier alpha value is -1.42. The van der Waals surface area contributed by atoms with Crippen LogP contribution in [0.5, 0.6) is 0 Å². The Balaban J connectivity index is 1.73. The molecule has 0 spiro atoms. The molecule has 2 rings (SSSR count). The van der Waals surface area contributed by atoms with Crippen LogP contribution < -0.4 is 5.32 Å². The van der Waals surface area contributed by atoms with Crippen LogP contribution in [0.25, 0.3) is 0 Å². The van der Waals surface area contributed by atoms with E-state index in [9.17, 15) is 14.3 Å². The maximum atomic E-state index is 12.8. The molecule has 0 unspecified atom stereocenters. The van der Waals surface area contributed by atoms with Crippen molar-refractivity contribution in [2.24, 2.45) is 11.8 Å². The van der Waals surface area contributed by atoms with E-state index in [0.717, 1.165) is 18.4 Å². The van der Waals surface area contributed by atoms with Gasteiger partial charge in [0.2, 0.25) is 5.91 Å². The summed E-state index contributed by atoms with van der Waals surface area (Å²) in [6.45, 7) is 0.487. The highest BCUT2D eigenvalue weighted by Gasteiger charge is 2.19. The molecule has 1 aromatic rings. The van der Waals surface area contributed by atoms with Crippen molar-refractivity contribution < 1.29 is 14.3 Å². The zero-order valence-corrected chi connectivity index (χ0v) is 12.4. The number of benzene rings is 1. The average molecular weight is 293 g/mol. The number of rotatable bonds is 7. The van der Waals surface area contributed by atoms with Crippen molar-refractivity contribution in [2.75, 3.05) is 13.2 Å². The summed E-state index contributed by atoms with van der Waals surface area (Å²) in [7, 11) is 0. The van der Waals surface area contributed by atoms with E-state index < -0.39 is 0 Å². The van der Waals surface area contributed by atoms with Gasteiger partial charge < -0.3 is 10.4 Å². The highest BCUT2D eigenvalue weighted by atomic mass is 19.1. The van der Waals surface area contributed by atoms with Gasteiger partial charge in [-0.25, -0.2) is 4.39 Å². The number of carbonyl (C=O) groups excluding carboxylic acids is 1. The van der Waals surface area contributed by atoms with E-state index in [-0.39, 0.29) is 24.2 Å². The van der Waals surface area contributed by atoms with Crippen LogP contribution in [0.1, 0.15) is 37.7 Å². The largest absolute Gasteiger partial charge is 0.396 e. The zero-order valence-electron chi connectivity index (χ0n) is 12.4. The first-order valence-corrected chi connectivity index (χ1v) is 7.79. The van der Waals surface area contributed by atoms with Gasteiger partial charge in [0.25, 0.3) is 0 Å². The summed E-state index contributed by atoms with van der Waals surface area (Å²) in [4.78, 5) is 11.9. The molecule has 3 nitrogen and oxygen atoms in total. The number of hydrogen-bond acceptors (Lipinski definition) is 2. The summed E-state index contributed by atoms with van der Waals surface area (Å²) < 4.78 is 12.8. The van der Waals surface area contributed by atoms with E-state index in [0.29, 0.717) is 25.3 Å². The Bertz CT molecular complexity index is 441. The number of amides is 1. The molecule has 116 valence electrons. The van der Waals surface area contributed by atoms with Gasteiger partial charge in [-0.1, -0.05) is 25.0 Å². The fraction of sp³-hybridized carbons (Fsp3) is 0.588. The molecule has 0 saturated heterocycles. The summed E-state index contributed by atoms with van der Waals surface area (Å²) in [5.74, 6) is 0.335. The van der Waals surface area contributed by atoms with E-state index in [4.69, 9.17) is 0 Å². The normalized spacial score (nSPS) is 16.9. The van der Waals surface area contributed by atoms with Crippen LogP contribution in [0.15, 0.2) is 24.3 Å². The van der Waals surface area contributed by atoms with Gasteiger partial charge in [-0.05, 0) is 42.9 Å². The number of halogens is 1. The van der Waals surface area contributed by atoms with E-state index >= 15 is 0 Å². The molecule has 2 N–H and O–H groups in total. The SMILES string of the molecule is O=C(CC1CCCC1)NC[C@H](CO)Cc1ccc(F)cc1. The van der Waals surface area contributed by atoms with Gasteiger partial charge in [-0.3, -0.25) is 4.79 Å². The predicted molar refractivity (Wildman–Crippen MR) is 80.3 cm³/mol. The Kier molecular flexibility index (Phi) is 6.18. The molecule has 0 aliphatic heterocycles. The minimum atomic E-state index is -0.260. The van der Waals surface area contributed by atoms with Crippen LogP contribution in [-0.4, -0.2) is 24.2 Å². The number of aliphatic hydroxyl groups excluding tert-OH is 1. The fourth-order valence-electron chi connectivity index (χ4n) is 2.96. The Labute approximate surface area is 125 Å². The molecule has 1 amide bonds. The molecule has 1 aliphatic carbocycles. The Morgan fingerprint density at radius 3 is 2.57 bits per heavy atom. The first-order chi connectivity index (χ1) is 10.2. The summed E-state index contributed by atoms with van der Waals surface area (Å²) >= 11 is 0. The van der Waals surface area contributed by atoms with E-state index in [1.165, 1.54) is 25.0 Å². The molecule has 4 heteroatoms. The topological polar surface area (TPSA) is 49.3 Å². The molecular weight excluding hydrogens is 269 g/mol. The minimum absolute atomic E-state index is 0.0150. The van der Waals surface area contributed by atoms with Gasteiger partial charge in [0.05, 0.1) is 0 Å². The lowest BCUT2D eigenvalue weighted by Crippen LogP contribution is -2.32. The van der Waals surface area contributed by atoms with Crippen LogP contribution in [0.2, 0.25) is 0 Å². The third-order valence-electron chi connectivity index (χ3n) is 4.23. The van der Waals surface area contributed by atoms with Crippen molar-refractivity contribution in [1.29, 1.82) is 0 Å². The van der Waals surface area contributed by atoms with E-state index in [1.807, 2.05) is 0 Å². The molecule has 1 fully saturated rings. The second kappa shape index (κ2) is 8.13. The van der Waals surface area contributed by atoms with Crippen LogP contribution in [0.4, 0.5) is 4.39 Å². The molecule has 1 saturated carbocycles. The maximum Gasteiger partial charge on any atom is 0.220 e. The third-order valence-corrected chi connectivity index (χ3v) is 4.23. The lowest BCUT2D eigenvalue weighted by molar-refractivity contribution is -0.122. The second-order valence-electron chi connectivity index (χ2n) is 6.04. The quantitative estimate of drug-likeness (QED) is 0.812. The summed E-state index contributed by atoms with van der Waals surface area (Å²) in [5, 5.41) is 12.3. The first-order valence-electron chi connectivity index (χ1n) is 7.79. The van der Waals surface area contributed by atoms with Crippen LogP contribution >= 0.6 is 0 Å². The van der Waals surface area contributed by atoms with E-state index in [2.05, 4.69) is 5.32 Å². The Morgan fingerprint density at radius 1 is 1.29 bits per heavy atom. The number of aliphatic hydroxyl groups is 1. The molecule has 0 heterocycles. The van der Waals surface area contributed by atoms with Crippen LogP contribution in [0, 0.1) is 17.7 Å². The summed E-state index contributed by atoms with van der Waals surface area (Å²) in [6, 6.07) is 6.28. The van der Waals surface area contributed by atoms with Crippen molar-refractivity contribution in [1.82, 2.24) is 5.32 Å². The highest BCUT2D eigenvalue weighted by Crippen LogP contribution is 2.27. The van der Waals surface area contributed by atoms with Gasteiger partial charge >= 0.3 is 0 Å². The lowest BCUT2D eigenvalue weighted by atomic mass is 9.99. The standard InChI is InChI=1S/C17H24FNO2/c18-16-7-5-14(6-8-16)9-15(12-20)11-19-17(21)10-13-3-1-2-4-13/h5-8,13,15,20H,1-4,9-12H2,(H,19,21)/t15-/m1/s1. The molecule has 1 aliphatic rings. The van der Waals surface area contributed by atoms with Crippen molar-refractivity contribution in [3.05, 3.63) is 35.6 Å². The van der Waals surface area contributed by atoms with Crippen molar-refractivity contribution in [3.8, 4) is 0 Å². The van der Waals surface area contributed by atoms with Gasteiger partial charge in [-0.15, -0.1) is 0 Å².